The van der Waals surface area contributed by atoms with Crippen LogP contribution in [0.2, 0.25) is 0 Å². The van der Waals surface area contributed by atoms with Gasteiger partial charge in [0.2, 0.25) is 5.91 Å². The predicted molar refractivity (Wildman–Crippen MR) is 135 cm³/mol. The number of carbonyl (C=O) groups excluding carboxylic acids is 2. The fourth-order valence-corrected chi connectivity index (χ4v) is 3.72. The highest BCUT2D eigenvalue weighted by molar-refractivity contribution is 6.04. The Hall–Kier alpha value is -4.45. The maximum atomic E-state index is 12.7. The second-order valence-corrected chi connectivity index (χ2v) is 7.86. The molecule has 0 unspecified atom stereocenters. The van der Waals surface area contributed by atoms with Crippen LogP contribution in [-0.4, -0.2) is 28.6 Å². The molecule has 0 radical (unpaired) electrons. The van der Waals surface area contributed by atoms with Crippen LogP contribution >= 0.6 is 0 Å². The SMILES string of the molecule is CNC(=O)c1cccc(NC(=O)/C=C/c2cn(Cc3ccccc3)nc2-c2ccccc2)c1C. The number of nitrogens with zero attached hydrogens (tertiary/aromatic N) is 2. The zero-order chi connectivity index (χ0) is 23.9. The molecule has 4 aromatic rings. The van der Waals surface area contributed by atoms with Crippen LogP contribution in [0.4, 0.5) is 5.69 Å². The summed E-state index contributed by atoms with van der Waals surface area (Å²) >= 11 is 0. The van der Waals surface area contributed by atoms with E-state index in [1.165, 1.54) is 6.08 Å². The molecule has 170 valence electrons. The van der Waals surface area contributed by atoms with Crippen molar-refractivity contribution >= 4 is 23.6 Å². The minimum atomic E-state index is -0.285. The third-order valence-corrected chi connectivity index (χ3v) is 5.50. The number of aromatic nitrogens is 2. The molecule has 2 N–H and O–H groups in total. The van der Waals surface area contributed by atoms with Gasteiger partial charge in [0.15, 0.2) is 0 Å². The molecule has 34 heavy (non-hydrogen) atoms. The molecule has 6 nitrogen and oxygen atoms in total. The minimum absolute atomic E-state index is 0.192. The molecule has 0 bridgehead atoms. The molecule has 6 heteroatoms. The van der Waals surface area contributed by atoms with Crippen LogP contribution in [0, 0.1) is 6.92 Å². The van der Waals surface area contributed by atoms with Crippen LogP contribution in [0.5, 0.6) is 0 Å². The highest BCUT2D eigenvalue weighted by atomic mass is 16.2. The van der Waals surface area contributed by atoms with Gasteiger partial charge in [-0.3, -0.25) is 14.3 Å². The average molecular weight is 451 g/mol. The van der Waals surface area contributed by atoms with Gasteiger partial charge in [-0.15, -0.1) is 0 Å². The van der Waals surface area contributed by atoms with E-state index < -0.39 is 0 Å². The quantitative estimate of drug-likeness (QED) is 0.393. The van der Waals surface area contributed by atoms with E-state index in [2.05, 4.69) is 22.8 Å². The summed E-state index contributed by atoms with van der Waals surface area (Å²) in [6.07, 6.45) is 5.20. The fraction of sp³-hybridized carbons (Fsp3) is 0.107. The first-order valence-corrected chi connectivity index (χ1v) is 11.0. The molecule has 0 fully saturated rings. The second kappa shape index (κ2) is 10.4. The number of benzene rings is 3. The van der Waals surface area contributed by atoms with E-state index in [4.69, 9.17) is 5.10 Å². The summed E-state index contributed by atoms with van der Waals surface area (Å²) in [5, 5.41) is 10.3. The lowest BCUT2D eigenvalue weighted by molar-refractivity contribution is -0.111. The first-order valence-electron chi connectivity index (χ1n) is 11.0. The zero-order valence-corrected chi connectivity index (χ0v) is 19.2. The minimum Gasteiger partial charge on any atom is -0.355 e. The molecule has 0 saturated carbocycles. The van der Waals surface area contributed by atoms with E-state index >= 15 is 0 Å². The fourth-order valence-electron chi connectivity index (χ4n) is 3.72. The Morgan fingerprint density at radius 2 is 1.65 bits per heavy atom. The van der Waals surface area contributed by atoms with Crippen LogP contribution in [0.3, 0.4) is 0 Å². The number of carbonyl (C=O) groups is 2. The molecular weight excluding hydrogens is 424 g/mol. The van der Waals surface area contributed by atoms with Crippen molar-refractivity contribution in [3.63, 3.8) is 0 Å². The number of hydrogen-bond donors (Lipinski definition) is 2. The largest absolute Gasteiger partial charge is 0.355 e. The van der Waals surface area contributed by atoms with Gasteiger partial charge in [0.05, 0.1) is 12.2 Å². The van der Waals surface area contributed by atoms with Gasteiger partial charge in [-0.05, 0) is 36.3 Å². The monoisotopic (exact) mass is 450 g/mol. The summed E-state index contributed by atoms with van der Waals surface area (Å²) in [4.78, 5) is 24.8. The molecule has 4 rings (SSSR count). The topological polar surface area (TPSA) is 76.0 Å². The van der Waals surface area contributed by atoms with Crippen LogP contribution in [0.25, 0.3) is 17.3 Å². The molecule has 0 aliphatic heterocycles. The van der Waals surface area contributed by atoms with Gasteiger partial charge in [0, 0.05) is 41.7 Å². The summed E-state index contributed by atoms with van der Waals surface area (Å²) in [5.74, 6) is -0.477. The molecule has 3 aromatic carbocycles. The van der Waals surface area contributed by atoms with E-state index in [9.17, 15) is 9.59 Å². The van der Waals surface area contributed by atoms with Crippen LogP contribution < -0.4 is 10.6 Å². The lowest BCUT2D eigenvalue weighted by atomic mass is 10.1. The van der Waals surface area contributed by atoms with Crippen molar-refractivity contribution in [3.05, 3.63) is 113 Å². The molecule has 1 heterocycles. The Balaban J connectivity index is 1.58. The van der Waals surface area contributed by atoms with E-state index in [1.807, 2.05) is 66.3 Å². The van der Waals surface area contributed by atoms with Crippen molar-refractivity contribution in [2.45, 2.75) is 13.5 Å². The maximum absolute atomic E-state index is 12.7. The van der Waals surface area contributed by atoms with Gasteiger partial charge in [-0.1, -0.05) is 66.7 Å². The smallest absolute Gasteiger partial charge is 0.251 e. The molecular formula is C28H26N4O2. The summed E-state index contributed by atoms with van der Waals surface area (Å²) in [7, 11) is 1.58. The van der Waals surface area contributed by atoms with Crippen molar-refractivity contribution in [3.8, 4) is 11.3 Å². The van der Waals surface area contributed by atoms with Crippen LogP contribution in [0.15, 0.2) is 91.1 Å². The zero-order valence-electron chi connectivity index (χ0n) is 19.2. The molecule has 0 aliphatic carbocycles. The van der Waals surface area contributed by atoms with Gasteiger partial charge in [0.25, 0.3) is 5.91 Å². The Bertz CT molecular complexity index is 1330. The van der Waals surface area contributed by atoms with Crippen molar-refractivity contribution in [2.24, 2.45) is 0 Å². The second-order valence-electron chi connectivity index (χ2n) is 7.86. The molecule has 1 aromatic heterocycles. The van der Waals surface area contributed by atoms with E-state index in [0.29, 0.717) is 23.4 Å². The molecule has 2 amide bonds. The number of amides is 2. The van der Waals surface area contributed by atoms with Crippen molar-refractivity contribution < 1.29 is 9.59 Å². The first kappa shape index (κ1) is 22.7. The van der Waals surface area contributed by atoms with Gasteiger partial charge in [0.1, 0.15) is 0 Å². The Kier molecular flexibility index (Phi) is 6.98. The third kappa shape index (κ3) is 5.30. The summed E-state index contributed by atoms with van der Waals surface area (Å²) in [6, 6.07) is 25.3. The standard InChI is InChI=1S/C28H26N4O2/c1-20-24(28(34)29-2)14-9-15-25(20)30-26(33)17-16-23-19-32(18-21-10-5-3-6-11-21)31-27(23)22-12-7-4-8-13-22/h3-17,19H,18H2,1-2H3,(H,29,34)(H,30,33)/b17-16+. The highest BCUT2D eigenvalue weighted by Gasteiger charge is 2.12. The van der Waals surface area contributed by atoms with Crippen molar-refractivity contribution in [2.75, 3.05) is 12.4 Å². The lowest BCUT2D eigenvalue weighted by Crippen LogP contribution is -2.20. The molecule has 0 aliphatic rings. The molecule has 0 atom stereocenters. The van der Waals surface area contributed by atoms with Crippen molar-refractivity contribution in [1.82, 2.24) is 15.1 Å². The normalized spacial score (nSPS) is 10.9. The third-order valence-electron chi connectivity index (χ3n) is 5.50. The predicted octanol–water partition coefficient (Wildman–Crippen LogP) is 4.92. The first-order chi connectivity index (χ1) is 16.5. The molecule has 0 saturated heterocycles. The van der Waals surface area contributed by atoms with E-state index in [1.54, 1.807) is 31.3 Å². The van der Waals surface area contributed by atoms with Crippen LogP contribution in [0.1, 0.15) is 27.0 Å². The summed E-state index contributed by atoms with van der Waals surface area (Å²) in [5.41, 5.74) is 5.60. The summed E-state index contributed by atoms with van der Waals surface area (Å²) in [6.45, 7) is 2.44. The number of anilines is 1. The van der Waals surface area contributed by atoms with E-state index in [-0.39, 0.29) is 11.8 Å². The van der Waals surface area contributed by atoms with Gasteiger partial charge >= 0.3 is 0 Å². The number of hydrogen-bond acceptors (Lipinski definition) is 3. The van der Waals surface area contributed by atoms with Gasteiger partial charge in [-0.25, -0.2) is 0 Å². The van der Waals surface area contributed by atoms with Gasteiger partial charge in [-0.2, -0.15) is 5.10 Å². The number of nitrogens with one attached hydrogen (secondary N) is 2. The van der Waals surface area contributed by atoms with Crippen LogP contribution in [-0.2, 0) is 11.3 Å². The Labute approximate surface area is 198 Å². The van der Waals surface area contributed by atoms with Gasteiger partial charge < -0.3 is 10.6 Å². The Morgan fingerprint density at radius 3 is 2.35 bits per heavy atom. The lowest BCUT2D eigenvalue weighted by Gasteiger charge is -2.10. The molecule has 0 spiro atoms. The number of rotatable bonds is 7. The van der Waals surface area contributed by atoms with Crippen molar-refractivity contribution in [1.29, 1.82) is 0 Å². The average Bonchev–Trinajstić information content (AvgIpc) is 3.27. The highest BCUT2D eigenvalue weighted by Crippen LogP contribution is 2.24. The maximum Gasteiger partial charge on any atom is 0.251 e. The summed E-state index contributed by atoms with van der Waals surface area (Å²) < 4.78 is 1.88. The Morgan fingerprint density at radius 1 is 0.941 bits per heavy atom. The van der Waals surface area contributed by atoms with E-state index in [0.717, 1.165) is 22.4 Å².